The van der Waals surface area contributed by atoms with Gasteiger partial charge < -0.3 is 19.1 Å². The van der Waals surface area contributed by atoms with E-state index in [1.54, 1.807) is 4.90 Å². The summed E-state index contributed by atoms with van der Waals surface area (Å²) < 4.78 is 17.0. The van der Waals surface area contributed by atoms with Gasteiger partial charge in [-0.3, -0.25) is 9.69 Å². The summed E-state index contributed by atoms with van der Waals surface area (Å²) in [6.07, 6.45) is -0.431. The summed E-state index contributed by atoms with van der Waals surface area (Å²) in [5, 5.41) is 0. The van der Waals surface area contributed by atoms with E-state index in [-0.39, 0.29) is 5.91 Å². The molecular formula is C22H26N2O4. The fourth-order valence-corrected chi connectivity index (χ4v) is 3.62. The van der Waals surface area contributed by atoms with Crippen molar-refractivity contribution >= 4 is 5.91 Å². The molecule has 148 valence electrons. The molecule has 0 N–H and O–H groups in total. The molecule has 0 aromatic heterocycles. The van der Waals surface area contributed by atoms with E-state index in [1.165, 1.54) is 5.56 Å². The van der Waals surface area contributed by atoms with Crippen molar-refractivity contribution in [3.8, 4) is 11.5 Å². The molecule has 28 heavy (non-hydrogen) atoms. The molecule has 1 amide bonds. The molecule has 4 rings (SSSR count). The average Bonchev–Trinajstić information content (AvgIpc) is 2.74. The third kappa shape index (κ3) is 4.46. The van der Waals surface area contributed by atoms with E-state index in [4.69, 9.17) is 14.2 Å². The zero-order chi connectivity index (χ0) is 19.3. The number of hydrogen-bond acceptors (Lipinski definition) is 5. The fraction of sp³-hybridized carbons (Fsp3) is 0.409. The van der Waals surface area contributed by atoms with Gasteiger partial charge in [0.05, 0.1) is 6.61 Å². The maximum absolute atomic E-state index is 12.9. The Bertz CT molecular complexity index is 811. The SMILES string of the molecule is CN(Cc1ccc2c(c1)OCCO2)C(=O)C1CN(Cc2ccccc2)CCO1. The number of rotatable bonds is 5. The predicted octanol–water partition coefficient (Wildman–Crippen LogP) is 2.32. The van der Waals surface area contributed by atoms with Crippen LogP contribution in [-0.2, 0) is 22.6 Å². The Balaban J connectivity index is 1.35. The Labute approximate surface area is 165 Å². The maximum Gasteiger partial charge on any atom is 0.253 e. The molecule has 0 spiro atoms. The molecule has 1 fully saturated rings. The number of nitrogens with zero attached hydrogens (tertiary/aromatic N) is 2. The van der Waals surface area contributed by atoms with E-state index < -0.39 is 6.10 Å². The van der Waals surface area contributed by atoms with Gasteiger partial charge in [0, 0.05) is 33.2 Å². The van der Waals surface area contributed by atoms with Gasteiger partial charge in [0.1, 0.15) is 19.3 Å². The van der Waals surface area contributed by atoms with E-state index in [9.17, 15) is 4.79 Å². The van der Waals surface area contributed by atoms with Gasteiger partial charge in [-0.05, 0) is 23.3 Å². The van der Waals surface area contributed by atoms with Gasteiger partial charge in [0.15, 0.2) is 11.5 Å². The van der Waals surface area contributed by atoms with Crippen LogP contribution >= 0.6 is 0 Å². The average molecular weight is 382 g/mol. The molecule has 0 radical (unpaired) electrons. The number of morpholine rings is 1. The minimum Gasteiger partial charge on any atom is -0.486 e. The van der Waals surface area contributed by atoms with E-state index >= 15 is 0 Å². The lowest BCUT2D eigenvalue weighted by molar-refractivity contribution is -0.148. The number of likely N-dealkylation sites (N-methyl/N-ethyl adjacent to an activating group) is 1. The fourth-order valence-electron chi connectivity index (χ4n) is 3.62. The van der Waals surface area contributed by atoms with Crippen LogP contribution in [0.25, 0.3) is 0 Å². The van der Waals surface area contributed by atoms with Crippen LogP contribution in [0.3, 0.4) is 0 Å². The van der Waals surface area contributed by atoms with Crippen molar-refractivity contribution in [2.24, 2.45) is 0 Å². The number of hydrogen-bond donors (Lipinski definition) is 0. The normalized spacial score (nSPS) is 19.2. The largest absolute Gasteiger partial charge is 0.486 e. The summed E-state index contributed by atoms with van der Waals surface area (Å²) in [6, 6.07) is 16.1. The summed E-state index contributed by atoms with van der Waals surface area (Å²) in [4.78, 5) is 16.9. The summed E-state index contributed by atoms with van der Waals surface area (Å²) in [5.41, 5.74) is 2.26. The van der Waals surface area contributed by atoms with Crippen LogP contribution in [0.5, 0.6) is 11.5 Å². The number of fused-ring (bicyclic) bond motifs is 1. The Hall–Kier alpha value is -2.57. The minimum atomic E-state index is -0.431. The monoisotopic (exact) mass is 382 g/mol. The number of carbonyl (C=O) groups is 1. The molecule has 2 aromatic carbocycles. The second kappa shape index (κ2) is 8.63. The highest BCUT2D eigenvalue weighted by Crippen LogP contribution is 2.31. The molecule has 2 aliphatic heterocycles. The molecule has 0 bridgehead atoms. The molecule has 2 aromatic rings. The zero-order valence-electron chi connectivity index (χ0n) is 16.2. The highest BCUT2D eigenvalue weighted by Gasteiger charge is 2.29. The topological polar surface area (TPSA) is 51.2 Å². The Morgan fingerprint density at radius 1 is 1.04 bits per heavy atom. The van der Waals surface area contributed by atoms with Crippen LogP contribution in [0.15, 0.2) is 48.5 Å². The molecule has 6 nitrogen and oxygen atoms in total. The molecule has 2 aliphatic rings. The standard InChI is InChI=1S/C22H26N2O4/c1-23(14-18-7-8-19-20(13-18)28-12-11-27-19)22(25)21-16-24(9-10-26-21)15-17-5-3-2-4-6-17/h2-8,13,21H,9-12,14-16H2,1H3. The van der Waals surface area contributed by atoms with Crippen molar-refractivity contribution in [3.05, 3.63) is 59.7 Å². The van der Waals surface area contributed by atoms with Crippen molar-refractivity contribution in [2.45, 2.75) is 19.2 Å². The number of carbonyl (C=O) groups excluding carboxylic acids is 1. The zero-order valence-corrected chi connectivity index (χ0v) is 16.2. The van der Waals surface area contributed by atoms with Crippen molar-refractivity contribution in [1.82, 2.24) is 9.80 Å². The first-order valence-corrected chi connectivity index (χ1v) is 9.70. The lowest BCUT2D eigenvalue weighted by Crippen LogP contribution is -2.49. The Morgan fingerprint density at radius 3 is 2.64 bits per heavy atom. The van der Waals surface area contributed by atoms with Gasteiger partial charge in [-0.25, -0.2) is 0 Å². The van der Waals surface area contributed by atoms with Crippen molar-refractivity contribution < 1.29 is 19.0 Å². The van der Waals surface area contributed by atoms with Gasteiger partial charge in [-0.15, -0.1) is 0 Å². The highest BCUT2D eigenvalue weighted by atomic mass is 16.6. The van der Waals surface area contributed by atoms with Crippen molar-refractivity contribution in [2.75, 3.05) is 40.0 Å². The molecule has 1 saturated heterocycles. The van der Waals surface area contributed by atoms with Gasteiger partial charge in [-0.1, -0.05) is 36.4 Å². The molecule has 0 aliphatic carbocycles. The van der Waals surface area contributed by atoms with Crippen LogP contribution in [0.4, 0.5) is 0 Å². The predicted molar refractivity (Wildman–Crippen MR) is 105 cm³/mol. The second-order valence-corrected chi connectivity index (χ2v) is 7.25. The second-order valence-electron chi connectivity index (χ2n) is 7.25. The van der Waals surface area contributed by atoms with E-state index in [0.717, 1.165) is 30.2 Å². The van der Waals surface area contributed by atoms with Crippen molar-refractivity contribution in [3.63, 3.8) is 0 Å². The Morgan fingerprint density at radius 2 is 1.82 bits per heavy atom. The maximum atomic E-state index is 12.9. The van der Waals surface area contributed by atoms with E-state index in [0.29, 0.717) is 32.9 Å². The van der Waals surface area contributed by atoms with Crippen LogP contribution < -0.4 is 9.47 Å². The summed E-state index contributed by atoms with van der Waals surface area (Å²) in [5.74, 6) is 1.51. The molecule has 0 saturated carbocycles. The number of benzene rings is 2. The first kappa shape index (κ1) is 18.8. The number of ether oxygens (including phenoxy) is 3. The van der Waals surface area contributed by atoms with Gasteiger partial charge in [-0.2, -0.15) is 0 Å². The first-order valence-electron chi connectivity index (χ1n) is 9.70. The molecule has 1 unspecified atom stereocenters. The van der Waals surface area contributed by atoms with Crippen LogP contribution in [0, 0.1) is 0 Å². The molecular weight excluding hydrogens is 356 g/mol. The lowest BCUT2D eigenvalue weighted by Gasteiger charge is -2.34. The van der Waals surface area contributed by atoms with Crippen LogP contribution in [-0.4, -0.2) is 61.8 Å². The molecule has 1 atom stereocenters. The van der Waals surface area contributed by atoms with Crippen LogP contribution in [0.1, 0.15) is 11.1 Å². The molecule has 6 heteroatoms. The molecule has 2 heterocycles. The minimum absolute atomic E-state index is 0.00708. The van der Waals surface area contributed by atoms with Gasteiger partial charge >= 0.3 is 0 Å². The lowest BCUT2D eigenvalue weighted by atomic mass is 10.1. The van der Waals surface area contributed by atoms with Crippen molar-refractivity contribution in [1.29, 1.82) is 0 Å². The summed E-state index contributed by atoms with van der Waals surface area (Å²) >= 11 is 0. The third-order valence-electron chi connectivity index (χ3n) is 5.08. The Kier molecular flexibility index (Phi) is 5.78. The van der Waals surface area contributed by atoms with Gasteiger partial charge in [0.25, 0.3) is 5.91 Å². The van der Waals surface area contributed by atoms with Crippen LogP contribution in [0.2, 0.25) is 0 Å². The smallest absolute Gasteiger partial charge is 0.253 e. The summed E-state index contributed by atoms with van der Waals surface area (Å²) in [7, 11) is 1.82. The summed E-state index contributed by atoms with van der Waals surface area (Å²) in [6.45, 7) is 4.49. The quantitative estimate of drug-likeness (QED) is 0.794. The first-order chi connectivity index (χ1) is 13.7. The van der Waals surface area contributed by atoms with E-state index in [2.05, 4.69) is 17.0 Å². The third-order valence-corrected chi connectivity index (χ3v) is 5.08. The number of amides is 1. The van der Waals surface area contributed by atoms with E-state index in [1.807, 2.05) is 43.4 Å². The highest BCUT2D eigenvalue weighted by molar-refractivity contribution is 5.81. The van der Waals surface area contributed by atoms with Gasteiger partial charge in [0.2, 0.25) is 0 Å².